The lowest BCUT2D eigenvalue weighted by Crippen LogP contribution is -2.58. The molecule has 0 aliphatic carbocycles. The maximum absolute atomic E-state index is 12.0. The summed E-state index contributed by atoms with van der Waals surface area (Å²) in [6.45, 7) is 5.52. The number of carboxylic acid groups (broad SMARTS) is 1. The Bertz CT molecular complexity index is 438. The van der Waals surface area contributed by atoms with Crippen molar-refractivity contribution in [1.29, 1.82) is 0 Å². The average molecular weight is 282 g/mol. The molecule has 0 saturated carbocycles. The minimum absolute atomic E-state index is 0.256. The van der Waals surface area contributed by atoms with Gasteiger partial charge in [-0.15, -0.1) is 0 Å². The average Bonchev–Trinajstić information content (AvgIpc) is 2.94. The number of carbonyl (C=O) groups is 2. The molecule has 1 unspecified atom stereocenters. The van der Waals surface area contributed by atoms with Crippen molar-refractivity contribution in [3.63, 3.8) is 0 Å². The van der Waals surface area contributed by atoms with Gasteiger partial charge in [-0.3, -0.25) is 14.9 Å². The zero-order valence-electron chi connectivity index (χ0n) is 12.1. The zero-order valence-corrected chi connectivity index (χ0v) is 12.1. The maximum Gasteiger partial charge on any atom is 0.323 e. The Hall–Kier alpha value is -1.82. The number of rotatable bonds is 8. The zero-order chi connectivity index (χ0) is 15.2. The van der Waals surface area contributed by atoms with Crippen LogP contribution in [-0.4, -0.2) is 28.6 Å². The van der Waals surface area contributed by atoms with Crippen molar-refractivity contribution in [3.8, 4) is 0 Å². The number of aliphatic carboxylic acids is 1. The number of furan rings is 1. The van der Waals surface area contributed by atoms with Crippen molar-refractivity contribution in [1.82, 2.24) is 10.6 Å². The smallest absolute Gasteiger partial charge is 0.323 e. The van der Waals surface area contributed by atoms with Gasteiger partial charge in [-0.2, -0.15) is 0 Å². The molecule has 3 N–H and O–H groups in total. The lowest BCUT2D eigenvalue weighted by molar-refractivity contribution is -0.146. The highest BCUT2D eigenvalue weighted by atomic mass is 16.4. The SMILES string of the molecule is CCC(CC)(NC(C)C(=O)NCc1ccco1)C(=O)O. The first-order valence-electron chi connectivity index (χ1n) is 6.76. The van der Waals surface area contributed by atoms with E-state index in [1.807, 2.05) is 0 Å². The lowest BCUT2D eigenvalue weighted by Gasteiger charge is -2.31. The van der Waals surface area contributed by atoms with Crippen LogP contribution in [0.15, 0.2) is 22.8 Å². The molecule has 0 bridgehead atoms. The quantitative estimate of drug-likeness (QED) is 0.672. The first-order chi connectivity index (χ1) is 9.45. The van der Waals surface area contributed by atoms with E-state index in [0.717, 1.165) is 0 Å². The first kappa shape index (κ1) is 16.2. The molecule has 1 aromatic heterocycles. The maximum atomic E-state index is 12.0. The van der Waals surface area contributed by atoms with Crippen LogP contribution in [0.2, 0.25) is 0 Å². The molecule has 6 nitrogen and oxygen atoms in total. The van der Waals surface area contributed by atoms with Crippen LogP contribution in [-0.2, 0) is 16.1 Å². The molecule has 0 spiro atoms. The fourth-order valence-electron chi connectivity index (χ4n) is 2.04. The van der Waals surface area contributed by atoms with Crippen molar-refractivity contribution in [3.05, 3.63) is 24.2 Å². The summed E-state index contributed by atoms with van der Waals surface area (Å²) in [7, 11) is 0. The molecule has 0 aromatic carbocycles. The van der Waals surface area contributed by atoms with Gasteiger partial charge in [0.25, 0.3) is 0 Å². The molecular formula is C14H22N2O4. The predicted molar refractivity (Wildman–Crippen MR) is 74.1 cm³/mol. The molecule has 1 atom stereocenters. The van der Waals surface area contributed by atoms with E-state index in [2.05, 4.69) is 10.6 Å². The number of carboxylic acids is 1. The Kier molecular flexibility index (Phi) is 5.76. The number of hydrogen-bond donors (Lipinski definition) is 3. The molecule has 0 aliphatic heterocycles. The molecule has 0 saturated heterocycles. The Morgan fingerprint density at radius 1 is 1.40 bits per heavy atom. The van der Waals surface area contributed by atoms with Crippen LogP contribution in [0, 0.1) is 0 Å². The van der Waals surface area contributed by atoms with E-state index < -0.39 is 17.6 Å². The fraction of sp³-hybridized carbons (Fsp3) is 0.571. The third-order valence-electron chi connectivity index (χ3n) is 3.52. The molecule has 0 fully saturated rings. The topological polar surface area (TPSA) is 91.6 Å². The van der Waals surface area contributed by atoms with Gasteiger partial charge in [0.1, 0.15) is 11.3 Å². The standard InChI is InChI=1S/C14H22N2O4/c1-4-14(5-2,13(18)19)16-10(3)12(17)15-9-11-7-6-8-20-11/h6-8,10,16H,4-5,9H2,1-3H3,(H,15,17)(H,18,19). The van der Waals surface area contributed by atoms with Gasteiger partial charge in [0.05, 0.1) is 18.8 Å². The van der Waals surface area contributed by atoms with Gasteiger partial charge in [-0.1, -0.05) is 13.8 Å². The predicted octanol–water partition coefficient (Wildman–Crippen LogP) is 1.52. The third-order valence-corrected chi connectivity index (χ3v) is 3.52. The number of nitrogens with one attached hydrogen (secondary N) is 2. The summed E-state index contributed by atoms with van der Waals surface area (Å²) in [4.78, 5) is 23.3. The van der Waals surface area contributed by atoms with Crippen LogP contribution in [0.5, 0.6) is 0 Å². The van der Waals surface area contributed by atoms with Crippen LogP contribution in [0.4, 0.5) is 0 Å². The van der Waals surface area contributed by atoms with Gasteiger partial charge in [-0.25, -0.2) is 0 Å². The van der Waals surface area contributed by atoms with E-state index in [1.165, 1.54) is 6.26 Å². The molecular weight excluding hydrogens is 260 g/mol. The molecule has 0 aliphatic rings. The van der Waals surface area contributed by atoms with Crippen LogP contribution in [0.1, 0.15) is 39.4 Å². The molecule has 1 rings (SSSR count). The largest absolute Gasteiger partial charge is 0.480 e. The molecule has 1 heterocycles. The van der Waals surface area contributed by atoms with Gasteiger partial charge in [-0.05, 0) is 31.9 Å². The van der Waals surface area contributed by atoms with E-state index in [1.54, 1.807) is 32.9 Å². The summed E-state index contributed by atoms with van der Waals surface area (Å²) in [5.41, 5.74) is -1.07. The summed E-state index contributed by atoms with van der Waals surface area (Å²) in [6.07, 6.45) is 2.36. The van der Waals surface area contributed by atoms with Crippen LogP contribution >= 0.6 is 0 Å². The van der Waals surface area contributed by atoms with Gasteiger partial charge in [0.2, 0.25) is 5.91 Å². The Balaban J connectivity index is 2.57. The highest BCUT2D eigenvalue weighted by Crippen LogP contribution is 2.16. The fourth-order valence-corrected chi connectivity index (χ4v) is 2.04. The second kappa shape index (κ2) is 7.09. The van der Waals surface area contributed by atoms with Gasteiger partial charge in [0.15, 0.2) is 0 Å². The number of carbonyl (C=O) groups excluding carboxylic acids is 1. The first-order valence-corrected chi connectivity index (χ1v) is 6.76. The van der Waals surface area contributed by atoms with E-state index in [4.69, 9.17) is 4.42 Å². The van der Waals surface area contributed by atoms with Crippen LogP contribution in [0.3, 0.4) is 0 Å². The van der Waals surface area contributed by atoms with Crippen molar-refractivity contribution in [2.24, 2.45) is 0 Å². The third kappa shape index (κ3) is 3.84. The van der Waals surface area contributed by atoms with Gasteiger partial charge >= 0.3 is 5.97 Å². The van der Waals surface area contributed by atoms with Crippen LogP contribution in [0.25, 0.3) is 0 Å². The molecule has 20 heavy (non-hydrogen) atoms. The van der Waals surface area contributed by atoms with E-state index in [9.17, 15) is 14.7 Å². The Morgan fingerprint density at radius 2 is 2.05 bits per heavy atom. The summed E-state index contributed by atoms with van der Waals surface area (Å²) in [6, 6.07) is 2.91. The Morgan fingerprint density at radius 3 is 2.50 bits per heavy atom. The van der Waals surface area contributed by atoms with Crippen LogP contribution < -0.4 is 10.6 Å². The molecule has 1 aromatic rings. The van der Waals surface area contributed by atoms with Crippen molar-refractivity contribution in [2.45, 2.75) is 51.7 Å². The lowest BCUT2D eigenvalue weighted by atomic mass is 9.92. The van der Waals surface area contributed by atoms with Gasteiger partial charge < -0.3 is 14.8 Å². The van der Waals surface area contributed by atoms with Crippen molar-refractivity contribution >= 4 is 11.9 Å². The summed E-state index contributed by atoms with van der Waals surface area (Å²) in [5, 5.41) is 14.9. The molecule has 6 heteroatoms. The second-order valence-corrected chi connectivity index (χ2v) is 4.76. The monoisotopic (exact) mass is 282 g/mol. The van der Waals surface area contributed by atoms with E-state index in [0.29, 0.717) is 18.6 Å². The number of amides is 1. The summed E-state index contributed by atoms with van der Waals surface area (Å²) >= 11 is 0. The van der Waals surface area contributed by atoms with E-state index >= 15 is 0 Å². The Labute approximate surface area is 118 Å². The highest BCUT2D eigenvalue weighted by molar-refractivity contribution is 5.84. The van der Waals surface area contributed by atoms with E-state index in [-0.39, 0.29) is 12.5 Å². The van der Waals surface area contributed by atoms with Crippen molar-refractivity contribution < 1.29 is 19.1 Å². The summed E-state index contributed by atoms with van der Waals surface area (Å²) in [5.74, 6) is -0.539. The van der Waals surface area contributed by atoms with Crippen molar-refractivity contribution in [2.75, 3.05) is 0 Å². The highest BCUT2D eigenvalue weighted by Gasteiger charge is 2.37. The molecule has 0 radical (unpaired) electrons. The molecule has 1 amide bonds. The minimum Gasteiger partial charge on any atom is -0.480 e. The second-order valence-electron chi connectivity index (χ2n) is 4.76. The van der Waals surface area contributed by atoms with Gasteiger partial charge in [0, 0.05) is 0 Å². The number of hydrogen-bond acceptors (Lipinski definition) is 4. The summed E-state index contributed by atoms with van der Waals surface area (Å²) < 4.78 is 5.12. The molecule has 112 valence electrons. The minimum atomic E-state index is -1.07. The normalized spacial score (nSPS) is 12.9.